The Morgan fingerprint density at radius 1 is 0.933 bits per heavy atom. The van der Waals surface area contributed by atoms with Gasteiger partial charge in [-0.1, -0.05) is 71.9 Å². The summed E-state index contributed by atoms with van der Waals surface area (Å²) in [5.41, 5.74) is 0.0793. The SMILES string of the molecule is CP(C)(=O)C(F)(F)c1ccc(CC(c2ccccc2)n2nnc3ccccc32)cc1. The first-order chi connectivity index (χ1) is 14.3. The number of aromatic nitrogens is 3. The Morgan fingerprint density at radius 3 is 2.23 bits per heavy atom. The molecule has 0 saturated heterocycles. The molecule has 0 aliphatic heterocycles. The van der Waals surface area contributed by atoms with E-state index >= 15 is 0 Å². The molecule has 0 aliphatic carbocycles. The quantitative estimate of drug-likeness (QED) is 0.360. The third kappa shape index (κ3) is 3.80. The second-order valence-electron chi connectivity index (χ2n) is 7.74. The molecule has 1 unspecified atom stereocenters. The summed E-state index contributed by atoms with van der Waals surface area (Å²) < 4.78 is 42.7. The number of hydrogen-bond acceptors (Lipinski definition) is 3. The molecule has 1 atom stereocenters. The fourth-order valence-corrected chi connectivity index (χ4v) is 4.28. The van der Waals surface area contributed by atoms with Gasteiger partial charge in [-0.3, -0.25) is 0 Å². The highest BCUT2D eigenvalue weighted by Crippen LogP contribution is 2.59. The predicted octanol–water partition coefficient (Wildman–Crippen LogP) is 5.94. The normalized spacial score (nSPS) is 13.5. The fraction of sp³-hybridized carbons (Fsp3) is 0.217. The average Bonchev–Trinajstić information content (AvgIpc) is 3.16. The van der Waals surface area contributed by atoms with Gasteiger partial charge in [0, 0.05) is 5.56 Å². The van der Waals surface area contributed by atoms with Crippen molar-refractivity contribution < 1.29 is 13.3 Å². The zero-order chi connectivity index (χ0) is 21.4. The van der Waals surface area contributed by atoms with Crippen molar-refractivity contribution in [3.63, 3.8) is 0 Å². The molecular formula is C23H22F2N3OP. The molecule has 0 fully saturated rings. The Morgan fingerprint density at radius 2 is 1.57 bits per heavy atom. The van der Waals surface area contributed by atoms with Crippen LogP contribution in [0.25, 0.3) is 11.0 Å². The summed E-state index contributed by atoms with van der Waals surface area (Å²) in [5, 5.41) is 8.63. The van der Waals surface area contributed by atoms with Crippen molar-refractivity contribution in [2.45, 2.75) is 18.1 Å². The molecule has 0 N–H and O–H groups in total. The number of fused-ring (bicyclic) bond motifs is 1. The number of nitrogens with zero attached hydrogens (tertiary/aromatic N) is 3. The van der Waals surface area contributed by atoms with Crippen LogP contribution in [0.3, 0.4) is 0 Å². The van der Waals surface area contributed by atoms with Crippen LogP contribution in [0.15, 0.2) is 78.9 Å². The van der Waals surface area contributed by atoms with Gasteiger partial charge in [-0.25, -0.2) is 4.68 Å². The van der Waals surface area contributed by atoms with Gasteiger partial charge < -0.3 is 4.57 Å². The van der Waals surface area contributed by atoms with Crippen LogP contribution in [0.4, 0.5) is 8.78 Å². The highest BCUT2D eigenvalue weighted by molar-refractivity contribution is 7.63. The van der Waals surface area contributed by atoms with Crippen LogP contribution in [0.2, 0.25) is 0 Å². The number of benzene rings is 3. The van der Waals surface area contributed by atoms with Crippen molar-refractivity contribution in [2.75, 3.05) is 13.3 Å². The maximum absolute atomic E-state index is 14.4. The van der Waals surface area contributed by atoms with E-state index in [2.05, 4.69) is 10.3 Å². The van der Waals surface area contributed by atoms with Crippen molar-refractivity contribution in [2.24, 2.45) is 0 Å². The molecule has 4 rings (SSSR count). The van der Waals surface area contributed by atoms with Crippen molar-refractivity contribution in [3.8, 4) is 0 Å². The molecule has 4 aromatic rings. The molecule has 30 heavy (non-hydrogen) atoms. The summed E-state index contributed by atoms with van der Waals surface area (Å²) in [4.78, 5) is 0. The number of rotatable bonds is 6. The first kappa shape index (κ1) is 20.4. The van der Waals surface area contributed by atoms with Crippen molar-refractivity contribution in [3.05, 3.63) is 95.6 Å². The van der Waals surface area contributed by atoms with E-state index in [0.717, 1.165) is 35.5 Å². The summed E-state index contributed by atoms with van der Waals surface area (Å²) in [7, 11) is -3.60. The topological polar surface area (TPSA) is 47.8 Å². The summed E-state index contributed by atoms with van der Waals surface area (Å²) in [6.07, 6.45) is 0.555. The van der Waals surface area contributed by atoms with Gasteiger partial charge >= 0.3 is 5.66 Å². The molecule has 0 aliphatic rings. The fourth-order valence-electron chi connectivity index (χ4n) is 3.51. The minimum Gasteiger partial charge on any atom is -0.317 e. The smallest absolute Gasteiger partial charge is 0.317 e. The zero-order valence-electron chi connectivity index (χ0n) is 16.7. The van der Waals surface area contributed by atoms with Gasteiger partial charge in [-0.2, -0.15) is 8.78 Å². The number of para-hydroxylation sites is 1. The van der Waals surface area contributed by atoms with Crippen LogP contribution < -0.4 is 0 Å². The molecule has 0 amide bonds. The Hall–Kier alpha value is -2.85. The lowest BCUT2D eigenvalue weighted by Crippen LogP contribution is -2.16. The maximum Gasteiger partial charge on any atom is 0.322 e. The van der Waals surface area contributed by atoms with E-state index in [1.54, 1.807) is 12.1 Å². The maximum atomic E-state index is 14.4. The van der Waals surface area contributed by atoms with Crippen molar-refractivity contribution in [1.29, 1.82) is 0 Å². The minimum atomic E-state index is -3.60. The Kier molecular flexibility index (Phi) is 5.29. The van der Waals surface area contributed by atoms with Crippen LogP contribution in [-0.4, -0.2) is 28.3 Å². The van der Waals surface area contributed by atoms with Crippen molar-refractivity contribution >= 4 is 18.2 Å². The van der Waals surface area contributed by atoms with Gasteiger partial charge in [0.2, 0.25) is 0 Å². The van der Waals surface area contributed by atoms with Gasteiger partial charge in [-0.15, -0.1) is 5.10 Å². The summed E-state index contributed by atoms with van der Waals surface area (Å²) in [6.45, 7) is 2.23. The summed E-state index contributed by atoms with van der Waals surface area (Å²) in [6, 6.07) is 23.6. The largest absolute Gasteiger partial charge is 0.322 e. The third-order valence-electron chi connectivity index (χ3n) is 5.26. The van der Waals surface area contributed by atoms with Gasteiger partial charge in [0.25, 0.3) is 0 Å². The van der Waals surface area contributed by atoms with E-state index in [0.29, 0.717) is 6.42 Å². The molecule has 0 bridgehead atoms. The Bertz CT molecular complexity index is 1200. The number of alkyl halides is 2. The molecule has 1 aromatic heterocycles. The number of hydrogen-bond donors (Lipinski definition) is 0. The lowest BCUT2D eigenvalue weighted by atomic mass is 9.98. The highest BCUT2D eigenvalue weighted by Gasteiger charge is 2.44. The van der Waals surface area contributed by atoms with Gasteiger partial charge in [0.1, 0.15) is 5.52 Å². The van der Waals surface area contributed by atoms with Crippen LogP contribution in [0.1, 0.15) is 22.7 Å². The van der Waals surface area contributed by atoms with E-state index < -0.39 is 12.8 Å². The van der Waals surface area contributed by atoms with Crippen LogP contribution in [0, 0.1) is 0 Å². The second kappa shape index (κ2) is 7.77. The van der Waals surface area contributed by atoms with E-state index in [9.17, 15) is 13.3 Å². The van der Waals surface area contributed by atoms with Gasteiger partial charge in [0.15, 0.2) is 7.14 Å². The average molecular weight is 425 g/mol. The molecule has 4 nitrogen and oxygen atoms in total. The predicted molar refractivity (Wildman–Crippen MR) is 116 cm³/mol. The first-order valence-corrected chi connectivity index (χ1v) is 12.2. The molecule has 1 heterocycles. The second-order valence-corrected chi connectivity index (χ2v) is 11.0. The lowest BCUT2D eigenvalue weighted by molar-refractivity contribution is 0.0893. The van der Waals surface area contributed by atoms with E-state index in [-0.39, 0.29) is 11.6 Å². The molecule has 154 valence electrons. The molecule has 0 spiro atoms. The molecule has 7 heteroatoms. The lowest BCUT2D eigenvalue weighted by Gasteiger charge is -2.22. The summed E-state index contributed by atoms with van der Waals surface area (Å²) >= 11 is 0. The van der Waals surface area contributed by atoms with Crippen molar-refractivity contribution in [1.82, 2.24) is 15.0 Å². The summed E-state index contributed by atoms with van der Waals surface area (Å²) in [5.74, 6) is 0. The molecular weight excluding hydrogens is 403 g/mol. The minimum absolute atomic E-state index is 0.145. The van der Waals surface area contributed by atoms with Crippen LogP contribution >= 0.6 is 7.14 Å². The first-order valence-electron chi connectivity index (χ1n) is 9.64. The van der Waals surface area contributed by atoms with E-state index in [4.69, 9.17) is 0 Å². The molecule has 0 radical (unpaired) electrons. The monoisotopic (exact) mass is 425 g/mol. The standard InChI is InChI=1S/C23H22F2N3OP/c1-30(2,29)23(24,25)19-14-12-17(13-15-19)16-22(18-8-4-3-5-9-18)28-21-11-7-6-10-20(21)26-27-28/h3-15,22H,16H2,1-2H3. The number of halogens is 2. The Balaban J connectivity index is 1.71. The zero-order valence-corrected chi connectivity index (χ0v) is 17.6. The van der Waals surface area contributed by atoms with Gasteiger partial charge in [0.05, 0.1) is 11.6 Å². The molecule has 3 aromatic carbocycles. The Labute approximate surface area is 173 Å². The van der Waals surface area contributed by atoms with E-state index in [1.165, 1.54) is 12.1 Å². The highest BCUT2D eigenvalue weighted by atomic mass is 31.2. The van der Waals surface area contributed by atoms with E-state index in [1.807, 2.05) is 59.3 Å². The third-order valence-corrected chi connectivity index (χ3v) is 6.87. The van der Waals surface area contributed by atoms with Crippen LogP contribution in [-0.2, 0) is 16.6 Å². The molecule has 0 saturated carbocycles. The van der Waals surface area contributed by atoms with Crippen LogP contribution in [0.5, 0.6) is 0 Å². The van der Waals surface area contributed by atoms with Gasteiger partial charge in [-0.05, 0) is 43.0 Å².